The van der Waals surface area contributed by atoms with Gasteiger partial charge in [-0.1, -0.05) is 6.92 Å². The molecule has 0 aliphatic heterocycles. The van der Waals surface area contributed by atoms with E-state index in [1.807, 2.05) is 0 Å². The smallest absolute Gasteiger partial charge is 0.338 e. The van der Waals surface area contributed by atoms with Crippen LogP contribution in [0.25, 0.3) is 0 Å². The van der Waals surface area contributed by atoms with Gasteiger partial charge in [-0.25, -0.2) is 9.59 Å². The zero-order valence-electron chi connectivity index (χ0n) is 8.44. The van der Waals surface area contributed by atoms with Gasteiger partial charge in [0.05, 0.1) is 0 Å². The van der Waals surface area contributed by atoms with Crippen molar-refractivity contribution >= 4 is 11.9 Å². The van der Waals surface area contributed by atoms with Gasteiger partial charge in [0.15, 0.2) is 11.7 Å². The Morgan fingerprint density at radius 2 is 1.62 bits per heavy atom. The molecule has 0 aromatic carbocycles. The number of aliphatic hydroxyl groups excluding tert-OH is 3. The van der Waals surface area contributed by atoms with Crippen LogP contribution in [0.5, 0.6) is 0 Å². The van der Waals surface area contributed by atoms with Crippen molar-refractivity contribution in [3.63, 3.8) is 0 Å². The summed E-state index contributed by atoms with van der Waals surface area (Å²) in [5.41, 5.74) is -2.71. The van der Waals surface area contributed by atoms with E-state index in [1.54, 1.807) is 0 Å². The van der Waals surface area contributed by atoms with E-state index in [-0.39, 0.29) is 0 Å². The number of aliphatic carboxylic acids is 2. The van der Waals surface area contributed by atoms with Gasteiger partial charge in [-0.05, 0) is 6.42 Å². The van der Waals surface area contributed by atoms with Gasteiger partial charge in [0.25, 0.3) is 0 Å². The Bertz CT molecular complexity index is 277. The van der Waals surface area contributed by atoms with E-state index < -0.39 is 42.3 Å². The minimum Gasteiger partial charge on any atom is -0.479 e. The average molecular weight is 238 g/mol. The third-order valence-corrected chi connectivity index (χ3v) is 2.30. The highest BCUT2D eigenvalue weighted by atomic mass is 16.4. The number of hydrogen-bond acceptors (Lipinski definition) is 6. The molecule has 0 saturated heterocycles. The van der Waals surface area contributed by atoms with Crippen LogP contribution >= 0.6 is 0 Å². The number of carboxylic acid groups (broad SMARTS) is 2. The summed E-state index contributed by atoms with van der Waals surface area (Å²) in [7, 11) is 0. The highest BCUT2D eigenvalue weighted by Crippen LogP contribution is 2.20. The van der Waals surface area contributed by atoms with Crippen LogP contribution in [0.15, 0.2) is 0 Å². The van der Waals surface area contributed by atoms with Gasteiger partial charge in [-0.15, -0.1) is 0 Å². The number of hydrogen-bond donors (Lipinski definition) is 6. The standard InChI is InChI=1S/C8H14O8/c1-2-8(16,7(14)15)5(11)3(9)4(10)6(12)13/h3-5,9-11,16H,2H2,1H3,(H,12,13)(H,14,15). The van der Waals surface area contributed by atoms with Crippen molar-refractivity contribution in [1.29, 1.82) is 0 Å². The molecule has 0 amide bonds. The molecule has 4 atom stereocenters. The maximum absolute atomic E-state index is 10.6. The molecular formula is C8H14O8. The number of carboxylic acids is 2. The Morgan fingerprint density at radius 1 is 1.19 bits per heavy atom. The van der Waals surface area contributed by atoms with Gasteiger partial charge >= 0.3 is 11.9 Å². The molecule has 0 radical (unpaired) electrons. The fourth-order valence-electron chi connectivity index (χ4n) is 1.09. The Hall–Kier alpha value is -1.22. The van der Waals surface area contributed by atoms with E-state index in [4.69, 9.17) is 20.4 Å². The van der Waals surface area contributed by atoms with Crippen molar-refractivity contribution in [2.24, 2.45) is 0 Å². The number of carbonyl (C=O) groups is 2. The highest BCUT2D eigenvalue weighted by Gasteiger charge is 2.48. The van der Waals surface area contributed by atoms with Crippen LogP contribution in [-0.4, -0.2) is 66.5 Å². The van der Waals surface area contributed by atoms with Crippen LogP contribution in [0, 0.1) is 0 Å². The van der Waals surface area contributed by atoms with E-state index in [0.717, 1.165) is 0 Å². The summed E-state index contributed by atoms with van der Waals surface area (Å²) >= 11 is 0. The molecular weight excluding hydrogens is 224 g/mol. The third kappa shape index (κ3) is 2.67. The first-order valence-corrected chi connectivity index (χ1v) is 4.41. The van der Waals surface area contributed by atoms with Crippen LogP contribution in [0.1, 0.15) is 13.3 Å². The van der Waals surface area contributed by atoms with Crippen LogP contribution in [0.3, 0.4) is 0 Å². The first-order chi connectivity index (χ1) is 7.18. The lowest BCUT2D eigenvalue weighted by Gasteiger charge is -2.31. The quantitative estimate of drug-likeness (QED) is 0.293. The van der Waals surface area contributed by atoms with Crippen molar-refractivity contribution in [3.8, 4) is 0 Å². The Balaban J connectivity index is 4.96. The number of aliphatic hydroxyl groups is 4. The molecule has 6 N–H and O–H groups in total. The molecule has 4 unspecified atom stereocenters. The molecule has 0 aliphatic carbocycles. The second-order valence-corrected chi connectivity index (χ2v) is 3.30. The van der Waals surface area contributed by atoms with Crippen molar-refractivity contribution in [3.05, 3.63) is 0 Å². The van der Waals surface area contributed by atoms with E-state index in [0.29, 0.717) is 0 Å². The molecule has 0 fully saturated rings. The topological polar surface area (TPSA) is 156 Å². The molecule has 0 bridgehead atoms. The molecule has 0 rings (SSSR count). The normalized spacial score (nSPS) is 20.6. The van der Waals surface area contributed by atoms with Crippen LogP contribution in [-0.2, 0) is 9.59 Å². The summed E-state index contributed by atoms with van der Waals surface area (Å²) in [5, 5.41) is 53.8. The van der Waals surface area contributed by atoms with Gasteiger partial charge in [-0.2, -0.15) is 0 Å². The van der Waals surface area contributed by atoms with E-state index in [2.05, 4.69) is 0 Å². The molecule has 0 saturated carbocycles. The second kappa shape index (κ2) is 5.21. The Morgan fingerprint density at radius 3 is 1.88 bits per heavy atom. The summed E-state index contributed by atoms with van der Waals surface area (Å²) in [4.78, 5) is 20.9. The summed E-state index contributed by atoms with van der Waals surface area (Å²) in [6.07, 6.45) is -7.47. The molecule has 0 aromatic heterocycles. The third-order valence-electron chi connectivity index (χ3n) is 2.30. The minimum atomic E-state index is -2.71. The van der Waals surface area contributed by atoms with Crippen molar-refractivity contribution in [1.82, 2.24) is 0 Å². The van der Waals surface area contributed by atoms with Crippen LogP contribution in [0.2, 0.25) is 0 Å². The van der Waals surface area contributed by atoms with Gasteiger partial charge in [0.1, 0.15) is 12.2 Å². The molecule has 8 heteroatoms. The van der Waals surface area contributed by atoms with E-state index in [9.17, 15) is 19.8 Å². The molecule has 8 nitrogen and oxygen atoms in total. The number of rotatable bonds is 6. The first-order valence-electron chi connectivity index (χ1n) is 4.41. The average Bonchev–Trinajstić information content (AvgIpc) is 2.24. The predicted octanol–water partition coefficient (Wildman–Crippen LogP) is -2.62. The molecule has 0 aliphatic rings. The lowest BCUT2D eigenvalue weighted by molar-refractivity contribution is -0.194. The van der Waals surface area contributed by atoms with Crippen LogP contribution < -0.4 is 0 Å². The largest absolute Gasteiger partial charge is 0.479 e. The Kier molecular flexibility index (Phi) is 4.81. The summed E-state index contributed by atoms with van der Waals surface area (Å²) in [5.74, 6) is -3.66. The fourth-order valence-corrected chi connectivity index (χ4v) is 1.09. The van der Waals surface area contributed by atoms with Crippen molar-refractivity contribution in [2.75, 3.05) is 0 Å². The summed E-state index contributed by atoms with van der Waals surface area (Å²) in [6.45, 7) is 1.22. The van der Waals surface area contributed by atoms with Gasteiger partial charge < -0.3 is 30.6 Å². The zero-order valence-corrected chi connectivity index (χ0v) is 8.44. The monoisotopic (exact) mass is 238 g/mol. The fraction of sp³-hybridized carbons (Fsp3) is 0.750. The van der Waals surface area contributed by atoms with Gasteiger partial charge in [-0.3, -0.25) is 0 Å². The second-order valence-electron chi connectivity index (χ2n) is 3.30. The van der Waals surface area contributed by atoms with E-state index in [1.165, 1.54) is 6.92 Å². The maximum atomic E-state index is 10.6. The van der Waals surface area contributed by atoms with E-state index >= 15 is 0 Å². The zero-order chi connectivity index (χ0) is 13.1. The summed E-state index contributed by atoms with van der Waals surface area (Å²) in [6, 6.07) is 0. The minimum absolute atomic E-state index is 0.465. The Labute approximate surface area is 90.4 Å². The van der Waals surface area contributed by atoms with Crippen LogP contribution in [0.4, 0.5) is 0 Å². The van der Waals surface area contributed by atoms with Gasteiger partial charge in [0.2, 0.25) is 0 Å². The lowest BCUT2D eigenvalue weighted by Crippen LogP contribution is -2.58. The summed E-state index contributed by atoms with van der Waals surface area (Å²) < 4.78 is 0. The van der Waals surface area contributed by atoms with Gasteiger partial charge in [0, 0.05) is 0 Å². The highest BCUT2D eigenvalue weighted by molar-refractivity contribution is 5.78. The first kappa shape index (κ1) is 14.8. The molecule has 94 valence electrons. The van der Waals surface area contributed by atoms with Crippen molar-refractivity contribution in [2.45, 2.75) is 37.3 Å². The SMILES string of the molecule is CCC(O)(C(=O)O)C(O)C(O)C(O)C(=O)O. The molecule has 0 heterocycles. The van der Waals surface area contributed by atoms with Crippen molar-refractivity contribution < 1.29 is 40.2 Å². The molecule has 0 spiro atoms. The molecule has 0 aromatic rings. The predicted molar refractivity (Wildman–Crippen MR) is 48.5 cm³/mol. The molecule has 16 heavy (non-hydrogen) atoms. The maximum Gasteiger partial charge on any atom is 0.338 e. The lowest BCUT2D eigenvalue weighted by atomic mass is 9.88.